The monoisotopic (exact) mass is 708 g/mol. The van der Waals surface area contributed by atoms with Crippen LogP contribution in [0.5, 0.6) is 0 Å². The number of hydrogen-bond acceptors (Lipinski definition) is 0. The number of rotatable bonds is 2. The van der Waals surface area contributed by atoms with Crippen LogP contribution in [0.25, 0.3) is 36.0 Å². The van der Waals surface area contributed by atoms with Crippen molar-refractivity contribution in [1.82, 2.24) is 0 Å². The fourth-order valence-electron chi connectivity index (χ4n) is 11.0. The molecule has 2 heterocycles. The van der Waals surface area contributed by atoms with Crippen LogP contribution in [-0.4, -0.2) is 12.3 Å². The lowest BCUT2D eigenvalue weighted by atomic mass is 9.67. The minimum absolute atomic E-state index is 0.358. The molecule has 5 aliphatic carbocycles. The number of benzene rings is 4. The van der Waals surface area contributed by atoms with Crippen molar-refractivity contribution in [3.05, 3.63) is 162 Å². The first-order valence-corrected chi connectivity index (χ1v) is 23.3. The maximum atomic E-state index is 2.61. The van der Waals surface area contributed by atoms with Gasteiger partial charge in [-0.25, -0.2) is 0 Å². The zero-order chi connectivity index (χ0) is 34.2. The Hall–Kier alpha value is -3.82. The lowest BCUT2D eigenvalue weighted by molar-refractivity contribution is 0.389. The van der Waals surface area contributed by atoms with E-state index in [1.165, 1.54) is 70.0 Å². The molecular weight excluding hydrogens is 662 g/mol. The van der Waals surface area contributed by atoms with Gasteiger partial charge in [-0.1, -0.05) is 149 Å². The van der Waals surface area contributed by atoms with Crippen LogP contribution in [-0.2, 0) is 12.3 Å². The molecule has 0 saturated heterocycles. The average Bonchev–Trinajstić information content (AvgIpc) is 3.49. The summed E-state index contributed by atoms with van der Waals surface area (Å²) in [6.45, 7) is 0. The highest BCUT2D eigenvalue weighted by Gasteiger charge is 2.41. The Labute approximate surface area is 310 Å². The fraction of sp³-hybridized carbons (Fsp3) is 0.280. The second kappa shape index (κ2) is 12.9. The third-order valence-electron chi connectivity index (χ3n) is 13.3. The van der Waals surface area contributed by atoms with Gasteiger partial charge in [-0.15, -0.1) is 0 Å². The Morgan fingerprint density at radius 2 is 1.27 bits per heavy atom. The van der Waals surface area contributed by atoms with Crippen molar-refractivity contribution < 1.29 is 0 Å². The molecule has 7 aliphatic rings. The standard InChI is InChI=1S/C50H46P2/c1-5-15-41-33(11-1)21-25-37-29-51(30-38-26-22-34-12-2-6-16-42(34)48(38)47(37)41)45-19-9-10-20-46(45)52-31-39-27-23-35-13-3-7-17-43(35)49(39)50-40(32-52)28-24-36-14-4-8-18-44(36)50/h1,3,5,7,9-24,26,28,37,39,41,47H,2,4,6,8,25,27,29-32H2/t37-,39-,41?,47+,51?,52?/m0/s1. The summed E-state index contributed by atoms with van der Waals surface area (Å²) in [6.07, 6.45) is 36.9. The van der Waals surface area contributed by atoms with Crippen LogP contribution in [0.15, 0.2) is 109 Å². The SMILES string of the molecule is C1=CC2=CC[C@H]3CP(c4ccccc4P4Cc5ccc6c(c5C5=c7ccccc7=CC[C@H]5C4)=CCCC=6)Cc4ccc5c(c4[C@H]3C2C=C1)=CCCC=5. The van der Waals surface area contributed by atoms with Gasteiger partial charge in [-0.05, 0) is 156 Å². The normalized spacial score (nSPS) is 27.5. The van der Waals surface area contributed by atoms with E-state index < -0.39 is 0 Å². The van der Waals surface area contributed by atoms with Crippen LogP contribution in [0, 0.1) is 17.8 Å². The number of allylic oxidation sites excluding steroid dienone is 6. The van der Waals surface area contributed by atoms with Crippen molar-refractivity contribution >= 4 is 62.4 Å². The summed E-state index contributed by atoms with van der Waals surface area (Å²) in [5.74, 6) is 2.31. The lowest BCUT2D eigenvalue weighted by Gasteiger charge is -2.38. The zero-order valence-corrected chi connectivity index (χ0v) is 31.8. The molecule has 0 amide bonds. The molecule has 0 spiro atoms. The van der Waals surface area contributed by atoms with Crippen molar-refractivity contribution in [2.24, 2.45) is 17.8 Å². The second-order valence-electron chi connectivity index (χ2n) is 16.1. The van der Waals surface area contributed by atoms with Crippen molar-refractivity contribution in [3.63, 3.8) is 0 Å². The minimum Gasteiger partial charge on any atom is -0.0804 e. The van der Waals surface area contributed by atoms with E-state index in [2.05, 4.69) is 134 Å². The van der Waals surface area contributed by atoms with E-state index in [-0.39, 0.29) is 15.8 Å². The van der Waals surface area contributed by atoms with Crippen molar-refractivity contribution in [2.45, 2.75) is 56.8 Å². The molecule has 0 saturated carbocycles. The van der Waals surface area contributed by atoms with Gasteiger partial charge in [0.2, 0.25) is 0 Å². The third kappa shape index (κ3) is 5.16. The molecule has 0 fully saturated rings. The maximum absolute atomic E-state index is 2.61. The first-order chi connectivity index (χ1) is 25.8. The van der Waals surface area contributed by atoms with E-state index in [1.54, 1.807) is 49.2 Å². The highest BCUT2D eigenvalue weighted by Crippen LogP contribution is 2.56. The Kier molecular flexibility index (Phi) is 7.88. The second-order valence-corrected chi connectivity index (χ2v) is 20.6. The Morgan fingerprint density at radius 3 is 2.13 bits per heavy atom. The first-order valence-electron chi connectivity index (χ1n) is 19.9. The molecule has 0 radical (unpaired) electrons. The van der Waals surface area contributed by atoms with Gasteiger partial charge in [0.15, 0.2) is 0 Å². The molecule has 3 unspecified atom stereocenters. The molecule has 0 aromatic heterocycles. The lowest BCUT2D eigenvalue weighted by Crippen LogP contribution is -2.38. The van der Waals surface area contributed by atoms with Crippen LogP contribution in [0.2, 0.25) is 0 Å². The Morgan fingerprint density at radius 1 is 0.558 bits per heavy atom. The molecule has 0 bridgehead atoms. The fourth-order valence-corrected chi connectivity index (χ4v) is 17.4. The summed E-state index contributed by atoms with van der Waals surface area (Å²) < 4.78 is 0. The average molecular weight is 709 g/mol. The van der Waals surface area contributed by atoms with E-state index in [4.69, 9.17) is 0 Å². The van der Waals surface area contributed by atoms with Crippen LogP contribution < -0.4 is 41.9 Å². The van der Waals surface area contributed by atoms with Crippen LogP contribution in [0.1, 0.15) is 66.7 Å². The van der Waals surface area contributed by atoms with Gasteiger partial charge in [-0.3, -0.25) is 0 Å². The molecule has 52 heavy (non-hydrogen) atoms. The topological polar surface area (TPSA) is 0 Å². The summed E-state index contributed by atoms with van der Waals surface area (Å²) in [5, 5.41) is 12.4. The molecule has 6 atom stereocenters. The van der Waals surface area contributed by atoms with E-state index in [0.29, 0.717) is 23.7 Å². The molecule has 4 aromatic carbocycles. The predicted molar refractivity (Wildman–Crippen MR) is 226 cm³/mol. The van der Waals surface area contributed by atoms with Gasteiger partial charge in [0.05, 0.1) is 0 Å². The summed E-state index contributed by atoms with van der Waals surface area (Å²) in [7, 11) is -0.737. The highest BCUT2D eigenvalue weighted by atomic mass is 31.1. The first kappa shape index (κ1) is 31.7. The molecule has 0 nitrogen and oxygen atoms in total. The third-order valence-corrected chi connectivity index (χ3v) is 18.8. The van der Waals surface area contributed by atoms with Crippen LogP contribution in [0.3, 0.4) is 0 Å². The summed E-state index contributed by atoms with van der Waals surface area (Å²) in [4.78, 5) is 0. The molecule has 256 valence electrons. The number of fused-ring (bicyclic) bond motifs is 13. The molecule has 2 heteroatoms. The summed E-state index contributed by atoms with van der Waals surface area (Å²) in [5.41, 5.74) is 9.74. The van der Waals surface area contributed by atoms with Crippen molar-refractivity contribution in [1.29, 1.82) is 0 Å². The van der Waals surface area contributed by atoms with Crippen molar-refractivity contribution in [3.8, 4) is 0 Å². The van der Waals surface area contributed by atoms with Gasteiger partial charge in [0.1, 0.15) is 0 Å². The predicted octanol–water partition coefficient (Wildman–Crippen LogP) is 6.81. The van der Waals surface area contributed by atoms with Gasteiger partial charge < -0.3 is 0 Å². The van der Waals surface area contributed by atoms with E-state index >= 15 is 0 Å². The van der Waals surface area contributed by atoms with E-state index in [1.807, 2.05) is 0 Å². The van der Waals surface area contributed by atoms with E-state index in [0.717, 1.165) is 19.3 Å². The molecule has 0 N–H and O–H groups in total. The summed E-state index contributed by atoms with van der Waals surface area (Å²) in [6, 6.07) is 29.2. The van der Waals surface area contributed by atoms with Crippen LogP contribution >= 0.6 is 15.8 Å². The molecule has 4 aromatic rings. The van der Waals surface area contributed by atoms with Gasteiger partial charge in [0.25, 0.3) is 0 Å². The van der Waals surface area contributed by atoms with Gasteiger partial charge in [-0.2, -0.15) is 0 Å². The quantitative estimate of drug-likeness (QED) is 0.201. The van der Waals surface area contributed by atoms with Crippen molar-refractivity contribution in [2.75, 3.05) is 12.3 Å². The van der Waals surface area contributed by atoms with Crippen LogP contribution in [0.4, 0.5) is 0 Å². The molecular formula is C50H46P2. The van der Waals surface area contributed by atoms with Gasteiger partial charge in [0, 0.05) is 5.92 Å². The Balaban J connectivity index is 1.06. The highest BCUT2D eigenvalue weighted by molar-refractivity contribution is 7.71. The number of hydrogen-bond donors (Lipinski definition) is 0. The summed E-state index contributed by atoms with van der Waals surface area (Å²) >= 11 is 0. The maximum Gasteiger partial charge on any atom is 0.00899 e. The smallest absolute Gasteiger partial charge is 0.00899 e. The molecule has 11 rings (SSSR count). The van der Waals surface area contributed by atoms with E-state index in [9.17, 15) is 0 Å². The van der Waals surface area contributed by atoms with Gasteiger partial charge >= 0.3 is 0 Å². The Bertz CT molecular complexity index is 2630. The molecule has 2 aliphatic heterocycles. The minimum atomic E-state index is -0.380. The largest absolute Gasteiger partial charge is 0.0804 e. The zero-order valence-electron chi connectivity index (χ0n) is 30.0.